The van der Waals surface area contributed by atoms with Crippen molar-refractivity contribution in [1.82, 2.24) is 0 Å². The van der Waals surface area contributed by atoms with Crippen molar-refractivity contribution in [2.45, 2.75) is 0 Å². The zero-order chi connectivity index (χ0) is 10.9. The van der Waals surface area contributed by atoms with Gasteiger partial charge in [-0.25, -0.2) is 0 Å². The lowest BCUT2D eigenvalue weighted by Crippen LogP contribution is -2.23. The first-order valence-electron chi connectivity index (χ1n) is 4.77. The second kappa shape index (κ2) is 6.54. The van der Waals surface area contributed by atoms with Crippen LogP contribution in [0.25, 0.3) is 0 Å². The van der Waals surface area contributed by atoms with Crippen LogP contribution < -0.4 is 4.90 Å². The molecule has 0 aliphatic rings. The van der Waals surface area contributed by atoms with Gasteiger partial charge in [0.05, 0.1) is 12.5 Å². The molecule has 0 atom stereocenters. The molecule has 0 aliphatic carbocycles. The van der Waals surface area contributed by atoms with Crippen LogP contribution in [0.5, 0.6) is 0 Å². The molecule has 0 spiro atoms. The summed E-state index contributed by atoms with van der Waals surface area (Å²) in [5, 5.41) is 17.2. The summed E-state index contributed by atoms with van der Waals surface area (Å²) in [7, 11) is 0. The number of benzene rings is 1. The Bertz CT molecular complexity index is 306. The largest absolute Gasteiger partial charge is 0.516 e. The second-order valence-corrected chi connectivity index (χ2v) is 3.01. The van der Waals surface area contributed by atoms with E-state index in [4.69, 9.17) is 10.2 Å². The molecule has 0 aliphatic heterocycles. The van der Waals surface area contributed by atoms with E-state index in [1.165, 1.54) is 0 Å². The Hall–Kier alpha value is -1.90. The minimum atomic E-state index is 0.602. The Kier molecular flexibility index (Phi) is 4.87. The molecule has 0 unspecified atom stereocenters. The van der Waals surface area contributed by atoms with Crippen LogP contribution in [0.1, 0.15) is 0 Å². The van der Waals surface area contributed by atoms with Crippen molar-refractivity contribution in [3.05, 3.63) is 55.0 Å². The summed E-state index contributed by atoms with van der Waals surface area (Å²) in [5.74, 6) is 0. The molecule has 0 saturated carbocycles. The van der Waals surface area contributed by atoms with Crippen molar-refractivity contribution in [2.75, 3.05) is 18.0 Å². The summed E-state index contributed by atoms with van der Waals surface area (Å²) in [6.45, 7) is 1.20. The van der Waals surface area contributed by atoms with E-state index in [1.54, 1.807) is 12.2 Å². The third-order valence-corrected chi connectivity index (χ3v) is 1.98. The van der Waals surface area contributed by atoms with Crippen molar-refractivity contribution in [1.29, 1.82) is 0 Å². The number of rotatable bonds is 5. The molecule has 0 bridgehead atoms. The van der Waals surface area contributed by atoms with Gasteiger partial charge in [0.15, 0.2) is 0 Å². The first kappa shape index (κ1) is 11.2. The van der Waals surface area contributed by atoms with E-state index in [-0.39, 0.29) is 0 Å². The van der Waals surface area contributed by atoms with Gasteiger partial charge in [0.25, 0.3) is 0 Å². The van der Waals surface area contributed by atoms with E-state index in [1.807, 2.05) is 35.2 Å². The minimum absolute atomic E-state index is 0.602. The Morgan fingerprint density at radius 1 is 0.933 bits per heavy atom. The molecule has 0 heterocycles. The average molecular weight is 205 g/mol. The second-order valence-electron chi connectivity index (χ2n) is 3.01. The number of aliphatic hydroxyl groups excluding tert-OH is 2. The van der Waals surface area contributed by atoms with Crippen LogP contribution in [0.3, 0.4) is 0 Å². The van der Waals surface area contributed by atoms with Gasteiger partial charge >= 0.3 is 0 Å². The topological polar surface area (TPSA) is 43.7 Å². The van der Waals surface area contributed by atoms with E-state index < -0.39 is 0 Å². The number of aliphatic hydroxyl groups is 2. The zero-order valence-electron chi connectivity index (χ0n) is 8.45. The number of nitrogens with zero attached hydrogens (tertiary/aromatic N) is 1. The summed E-state index contributed by atoms with van der Waals surface area (Å²) in [6.07, 6.45) is 5.35. The molecule has 0 aromatic heterocycles. The van der Waals surface area contributed by atoms with E-state index in [0.717, 1.165) is 18.2 Å². The predicted octanol–water partition coefficient (Wildman–Crippen LogP) is 2.64. The number of para-hydroxylation sites is 1. The van der Waals surface area contributed by atoms with Gasteiger partial charge in [-0.15, -0.1) is 0 Å². The summed E-state index contributed by atoms with van der Waals surface area (Å²) >= 11 is 0. The van der Waals surface area contributed by atoms with Crippen LogP contribution >= 0.6 is 0 Å². The van der Waals surface area contributed by atoms with Crippen molar-refractivity contribution in [3.8, 4) is 0 Å². The summed E-state index contributed by atoms with van der Waals surface area (Å²) in [4.78, 5) is 2.01. The third kappa shape index (κ3) is 3.77. The van der Waals surface area contributed by atoms with Crippen LogP contribution in [-0.4, -0.2) is 23.3 Å². The molecule has 0 radical (unpaired) electrons. The fourth-order valence-corrected chi connectivity index (χ4v) is 1.27. The zero-order valence-corrected chi connectivity index (χ0v) is 8.45. The van der Waals surface area contributed by atoms with E-state index in [9.17, 15) is 0 Å². The van der Waals surface area contributed by atoms with Gasteiger partial charge in [0, 0.05) is 18.8 Å². The summed E-state index contributed by atoms with van der Waals surface area (Å²) in [5.41, 5.74) is 1.05. The third-order valence-electron chi connectivity index (χ3n) is 1.98. The predicted molar refractivity (Wildman–Crippen MR) is 62.2 cm³/mol. The smallest absolute Gasteiger partial charge is 0.0769 e. The highest BCUT2D eigenvalue weighted by molar-refractivity contribution is 5.47. The summed E-state index contributed by atoms with van der Waals surface area (Å²) < 4.78 is 0. The van der Waals surface area contributed by atoms with Gasteiger partial charge in [-0.2, -0.15) is 0 Å². The van der Waals surface area contributed by atoms with Gasteiger partial charge in [0.2, 0.25) is 0 Å². The Labute approximate surface area is 89.6 Å². The fraction of sp³-hybridized carbons (Fsp3) is 0.167. The molecule has 15 heavy (non-hydrogen) atoms. The van der Waals surface area contributed by atoms with Crippen molar-refractivity contribution in [2.24, 2.45) is 0 Å². The fourth-order valence-electron chi connectivity index (χ4n) is 1.27. The van der Waals surface area contributed by atoms with Crippen LogP contribution in [-0.2, 0) is 0 Å². The monoisotopic (exact) mass is 205 g/mol. The van der Waals surface area contributed by atoms with E-state index >= 15 is 0 Å². The molecular formula is C12H15NO2. The van der Waals surface area contributed by atoms with Gasteiger partial charge in [-0.3, -0.25) is 0 Å². The highest BCUT2D eigenvalue weighted by atomic mass is 16.2. The van der Waals surface area contributed by atoms with Gasteiger partial charge in [-0.1, -0.05) is 18.2 Å². The molecule has 3 heteroatoms. The SMILES string of the molecule is OC=CCN(CC=CO)c1ccccc1. The van der Waals surface area contributed by atoms with Crippen LogP contribution in [0, 0.1) is 0 Å². The van der Waals surface area contributed by atoms with Crippen molar-refractivity contribution < 1.29 is 10.2 Å². The quantitative estimate of drug-likeness (QED) is 0.726. The van der Waals surface area contributed by atoms with Gasteiger partial charge in [-0.05, 0) is 24.3 Å². The lowest BCUT2D eigenvalue weighted by atomic mass is 10.3. The maximum Gasteiger partial charge on any atom is 0.0769 e. The molecule has 1 aromatic carbocycles. The molecule has 2 N–H and O–H groups in total. The number of anilines is 1. The van der Waals surface area contributed by atoms with Gasteiger partial charge < -0.3 is 15.1 Å². The molecule has 1 rings (SSSR count). The highest BCUT2D eigenvalue weighted by Gasteiger charge is 2.01. The normalized spacial score (nSPS) is 11.2. The maximum absolute atomic E-state index is 8.61. The average Bonchev–Trinajstić information content (AvgIpc) is 2.30. The summed E-state index contributed by atoms with van der Waals surface area (Å²) in [6, 6.07) is 9.82. The van der Waals surface area contributed by atoms with Crippen LogP contribution in [0.4, 0.5) is 5.69 Å². The lowest BCUT2D eigenvalue weighted by molar-refractivity contribution is 0.470. The molecule has 3 nitrogen and oxygen atoms in total. The lowest BCUT2D eigenvalue weighted by Gasteiger charge is -2.21. The Balaban J connectivity index is 2.71. The minimum Gasteiger partial charge on any atom is -0.516 e. The number of hydrogen-bond acceptors (Lipinski definition) is 3. The molecule has 0 fully saturated rings. The molecule has 0 amide bonds. The van der Waals surface area contributed by atoms with E-state index in [0.29, 0.717) is 13.1 Å². The van der Waals surface area contributed by atoms with Crippen LogP contribution in [0.15, 0.2) is 55.0 Å². The van der Waals surface area contributed by atoms with Crippen molar-refractivity contribution >= 4 is 5.69 Å². The molecule has 0 saturated heterocycles. The van der Waals surface area contributed by atoms with E-state index in [2.05, 4.69) is 0 Å². The molecule has 1 aromatic rings. The highest BCUT2D eigenvalue weighted by Crippen LogP contribution is 2.12. The Morgan fingerprint density at radius 3 is 1.93 bits per heavy atom. The maximum atomic E-state index is 8.61. The first-order chi connectivity index (χ1) is 7.38. The standard InChI is InChI=1S/C12H15NO2/c14-10-4-8-13(9-5-11-15)12-6-2-1-3-7-12/h1-7,10-11,14-15H,8-9H2. The molecular weight excluding hydrogens is 190 g/mol. The molecule has 80 valence electrons. The van der Waals surface area contributed by atoms with Crippen LogP contribution in [0.2, 0.25) is 0 Å². The Morgan fingerprint density at radius 2 is 1.47 bits per heavy atom. The van der Waals surface area contributed by atoms with Gasteiger partial charge in [0.1, 0.15) is 0 Å². The number of hydrogen-bond donors (Lipinski definition) is 2. The first-order valence-corrected chi connectivity index (χ1v) is 4.77. The van der Waals surface area contributed by atoms with Crippen molar-refractivity contribution in [3.63, 3.8) is 0 Å².